The van der Waals surface area contributed by atoms with Crippen molar-refractivity contribution in [3.63, 3.8) is 0 Å². The van der Waals surface area contributed by atoms with Gasteiger partial charge in [0.15, 0.2) is 0 Å². The normalized spacial score (nSPS) is 12.5. The summed E-state index contributed by atoms with van der Waals surface area (Å²) in [5.41, 5.74) is 4.53. The summed E-state index contributed by atoms with van der Waals surface area (Å²) in [4.78, 5) is 4.42. The van der Waals surface area contributed by atoms with Crippen molar-refractivity contribution < 1.29 is 0 Å². The first-order valence-electron chi connectivity index (χ1n) is 6.55. The second-order valence-corrected chi connectivity index (χ2v) is 5.12. The molecule has 0 aliphatic carbocycles. The largest absolute Gasteiger partial charge is 0.309 e. The van der Waals surface area contributed by atoms with Crippen molar-refractivity contribution in [3.05, 3.63) is 52.5 Å². The molecule has 0 aliphatic rings. The van der Waals surface area contributed by atoms with Crippen molar-refractivity contribution in [2.24, 2.45) is 0 Å². The molecule has 2 nitrogen and oxygen atoms in total. The van der Waals surface area contributed by atoms with E-state index in [2.05, 4.69) is 52.9 Å². The highest BCUT2D eigenvalue weighted by Gasteiger charge is 2.11. The fourth-order valence-corrected chi connectivity index (χ4v) is 2.76. The Bertz CT molecular complexity index is 425. The summed E-state index contributed by atoms with van der Waals surface area (Å²) >= 11 is 1.67. The van der Waals surface area contributed by atoms with Gasteiger partial charge in [-0.15, -0.1) is 11.3 Å². The topological polar surface area (TPSA) is 24.9 Å². The van der Waals surface area contributed by atoms with Crippen LogP contribution in [-0.4, -0.2) is 11.5 Å². The maximum atomic E-state index is 4.42. The molecule has 1 N–H and O–H groups in total. The fourth-order valence-electron chi connectivity index (χ4n) is 2.15. The quantitative estimate of drug-likeness (QED) is 0.818. The number of aromatic nitrogens is 1. The highest BCUT2D eigenvalue weighted by Crippen LogP contribution is 2.19. The van der Waals surface area contributed by atoms with Crippen molar-refractivity contribution in [2.45, 2.75) is 32.2 Å². The van der Waals surface area contributed by atoms with E-state index in [1.807, 2.05) is 5.51 Å². The molecular weight excluding hydrogens is 240 g/mol. The average molecular weight is 260 g/mol. The van der Waals surface area contributed by atoms with Gasteiger partial charge in [-0.3, -0.25) is 0 Å². The molecule has 96 valence electrons. The zero-order chi connectivity index (χ0) is 12.6. The third kappa shape index (κ3) is 3.93. The Morgan fingerprint density at radius 1 is 1.28 bits per heavy atom. The zero-order valence-electron chi connectivity index (χ0n) is 10.8. The molecule has 1 heterocycles. The first-order valence-corrected chi connectivity index (χ1v) is 7.50. The molecule has 0 fully saturated rings. The van der Waals surface area contributed by atoms with E-state index in [4.69, 9.17) is 0 Å². The molecule has 0 amide bonds. The molecule has 0 aliphatic heterocycles. The molecule has 1 aromatic carbocycles. The predicted octanol–water partition coefficient (Wildman–Crippen LogP) is 3.82. The number of rotatable bonds is 7. The Morgan fingerprint density at radius 2 is 2.11 bits per heavy atom. The van der Waals surface area contributed by atoms with Crippen LogP contribution in [0.15, 0.2) is 41.2 Å². The van der Waals surface area contributed by atoms with Crippen molar-refractivity contribution >= 4 is 11.3 Å². The fraction of sp³-hybridized carbons (Fsp3) is 0.400. The summed E-state index contributed by atoms with van der Waals surface area (Å²) in [7, 11) is 0. The third-order valence-corrected chi connectivity index (χ3v) is 3.66. The van der Waals surface area contributed by atoms with Crippen molar-refractivity contribution in [3.8, 4) is 0 Å². The predicted molar refractivity (Wildman–Crippen MR) is 77.9 cm³/mol. The number of hydrogen-bond acceptors (Lipinski definition) is 3. The first kappa shape index (κ1) is 13.2. The van der Waals surface area contributed by atoms with Crippen LogP contribution in [0, 0.1) is 0 Å². The van der Waals surface area contributed by atoms with Crippen LogP contribution in [0.3, 0.4) is 0 Å². The highest BCUT2D eigenvalue weighted by molar-refractivity contribution is 7.07. The monoisotopic (exact) mass is 260 g/mol. The van der Waals surface area contributed by atoms with E-state index in [0.29, 0.717) is 6.04 Å². The molecule has 0 spiro atoms. The molecule has 0 saturated carbocycles. The second kappa shape index (κ2) is 7.29. The van der Waals surface area contributed by atoms with Crippen LogP contribution in [-0.2, 0) is 6.42 Å². The van der Waals surface area contributed by atoms with Gasteiger partial charge in [-0.25, -0.2) is 4.98 Å². The van der Waals surface area contributed by atoms with Gasteiger partial charge in [-0.05, 0) is 31.4 Å². The molecule has 1 unspecified atom stereocenters. The number of nitrogens with zero attached hydrogens (tertiary/aromatic N) is 1. The highest BCUT2D eigenvalue weighted by atomic mass is 32.1. The van der Waals surface area contributed by atoms with E-state index in [-0.39, 0.29) is 0 Å². The molecule has 2 rings (SSSR count). The minimum atomic E-state index is 0.407. The molecule has 2 aromatic rings. The molecule has 0 bridgehead atoms. The van der Waals surface area contributed by atoms with Crippen LogP contribution in [0.4, 0.5) is 0 Å². The first-order chi connectivity index (χ1) is 8.90. The lowest BCUT2D eigenvalue weighted by Gasteiger charge is -2.15. The molecule has 1 aromatic heterocycles. The van der Waals surface area contributed by atoms with Gasteiger partial charge in [0.05, 0.1) is 17.2 Å². The van der Waals surface area contributed by atoms with Crippen molar-refractivity contribution in [1.29, 1.82) is 0 Å². The van der Waals surface area contributed by atoms with E-state index >= 15 is 0 Å². The van der Waals surface area contributed by atoms with Crippen LogP contribution >= 0.6 is 11.3 Å². The van der Waals surface area contributed by atoms with E-state index < -0.39 is 0 Å². The lowest BCUT2D eigenvalue weighted by Crippen LogP contribution is -2.21. The number of benzene rings is 1. The van der Waals surface area contributed by atoms with Crippen LogP contribution in [0.25, 0.3) is 0 Å². The van der Waals surface area contributed by atoms with Gasteiger partial charge >= 0.3 is 0 Å². The summed E-state index contributed by atoms with van der Waals surface area (Å²) < 4.78 is 0. The maximum Gasteiger partial charge on any atom is 0.0795 e. The van der Waals surface area contributed by atoms with Crippen LogP contribution < -0.4 is 5.32 Å². The van der Waals surface area contributed by atoms with Crippen LogP contribution in [0.2, 0.25) is 0 Å². The van der Waals surface area contributed by atoms with Crippen molar-refractivity contribution in [1.82, 2.24) is 10.3 Å². The Morgan fingerprint density at radius 3 is 2.78 bits per heavy atom. The molecule has 0 saturated heterocycles. The van der Waals surface area contributed by atoms with Crippen molar-refractivity contribution in [2.75, 3.05) is 6.54 Å². The smallest absolute Gasteiger partial charge is 0.0795 e. The van der Waals surface area contributed by atoms with Gasteiger partial charge in [0, 0.05) is 5.38 Å². The number of nitrogens with one attached hydrogen (secondary N) is 1. The van der Waals surface area contributed by atoms with Crippen LogP contribution in [0.1, 0.15) is 37.1 Å². The van der Waals surface area contributed by atoms with Gasteiger partial charge in [0.25, 0.3) is 0 Å². The summed E-state index contributed by atoms with van der Waals surface area (Å²) in [6.07, 6.45) is 3.48. The average Bonchev–Trinajstić information content (AvgIpc) is 2.93. The SMILES string of the molecule is CCNC(CCCc1ccccc1)c1cscn1. The Labute approximate surface area is 113 Å². The molecular formula is C15H20N2S. The van der Waals surface area contributed by atoms with E-state index in [0.717, 1.165) is 19.4 Å². The van der Waals surface area contributed by atoms with Gasteiger partial charge in [0.1, 0.15) is 0 Å². The molecule has 18 heavy (non-hydrogen) atoms. The zero-order valence-corrected chi connectivity index (χ0v) is 11.6. The maximum absolute atomic E-state index is 4.42. The lowest BCUT2D eigenvalue weighted by atomic mass is 10.0. The Balaban J connectivity index is 1.83. The third-order valence-electron chi connectivity index (χ3n) is 3.06. The Kier molecular flexibility index (Phi) is 5.36. The number of hydrogen-bond donors (Lipinski definition) is 1. The molecule has 3 heteroatoms. The van der Waals surface area contributed by atoms with E-state index in [9.17, 15) is 0 Å². The van der Waals surface area contributed by atoms with Gasteiger partial charge < -0.3 is 5.32 Å². The minimum Gasteiger partial charge on any atom is -0.309 e. The lowest BCUT2D eigenvalue weighted by molar-refractivity contribution is 0.489. The van der Waals surface area contributed by atoms with Gasteiger partial charge in [-0.1, -0.05) is 37.3 Å². The second-order valence-electron chi connectivity index (χ2n) is 4.40. The summed E-state index contributed by atoms with van der Waals surface area (Å²) in [5.74, 6) is 0. The van der Waals surface area contributed by atoms with E-state index in [1.54, 1.807) is 11.3 Å². The minimum absolute atomic E-state index is 0.407. The molecule has 0 radical (unpaired) electrons. The summed E-state index contributed by atoms with van der Waals surface area (Å²) in [6.45, 7) is 3.14. The standard InChI is InChI=1S/C15H20N2S/c1-2-16-14(15-11-18-12-17-15)10-6-9-13-7-4-3-5-8-13/h3-5,7-8,11-12,14,16H,2,6,9-10H2,1H3. The molecule has 1 atom stereocenters. The van der Waals surface area contributed by atoms with Gasteiger partial charge in [-0.2, -0.15) is 0 Å². The Hall–Kier alpha value is -1.19. The van der Waals surface area contributed by atoms with Crippen LogP contribution in [0.5, 0.6) is 0 Å². The summed E-state index contributed by atoms with van der Waals surface area (Å²) in [5, 5.41) is 5.66. The van der Waals surface area contributed by atoms with Gasteiger partial charge in [0.2, 0.25) is 0 Å². The van der Waals surface area contributed by atoms with E-state index in [1.165, 1.54) is 17.7 Å². The number of thiazole rings is 1. The number of aryl methyl sites for hydroxylation is 1. The summed E-state index contributed by atoms with van der Waals surface area (Å²) in [6, 6.07) is 11.1.